The van der Waals surface area contributed by atoms with E-state index in [1.54, 1.807) is 18.9 Å². The normalized spacial score (nSPS) is 14.6. The first-order chi connectivity index (χ1) is 8.04. The topological polar surface area (TPSA) is 75.4 Å². The van der Waals surface area contributed by atoms with Gasteiger partial charge in [-0.1, -0.05) is 6.92 Å². The summed E-state index contributed by atoms with van der Waals surface area (Å²) in [6, 6.07) is 0. The van der Waals surface area contributed by atoms with Crippen LogP contribution in [-0.4, -0.2) is 38.2 Å². The Morgan fingerprint density at radius 1 is 1.47 bits per heavy atom. The quantitative estimate of drug-likeness (QED) is 0.808. The summed E-state index contributed by atoms with van der Waals surface area (Å²) < 4.78 is 1.38. The maximum atomic E-state index is 11.6. The van der Waals surface area contributed by atoms with Crippen LogP contribution in [-0.2, 0) is 24.8 Å². The van der Waals surface area contributed by atoms with Crippen LogP contribution in [0.4, 0.5) is 0 Å². The minimum Gasteiger partial charge on any atom is -0.477 e. The molecule has 1 amide bonds. The molecule has 2 rings (SSSR count). The van der Waals surface area contributed by atoms with Crippen molar-refractivity contribution in [2.24, 2.45) is 7.05 Å². The molecule has 0 spiro atoms. The number of aromatic carboxylic acids is 1. The fraction of sp³-hybridized carbons (Fsp3) is 0.545. The molecule has 92 valence electrons. The molecule has 0 aromatic carbocycles. The number of carbonyl (C=O) groups is 2. The third-order valence-electron chi connectivity index (χ3n) is 3.05. The van der Waals surface area contributed by atoms with Crippen LogP contribution in [0.2, 0.25) is 0 Å². The Balaban J connectivity index is 2.36. The van der Waals surface area contributed by atoms with Gasteiger partial charge in [0, 0.05) is 38.5 Å². The van der Waals surface area contributed by atoms with E-state index >= 15 is 0 Å². The Labute approximate surface area is 98.8 Å². The highest BCUT2D eigenvalue weighted by atomic mass is 16.4. The summed E-state index contributed by atoms with van der Waals surface area (Å²) in [5, 5.41) is 13.3. The Morgan fingerprint density at radius 3 is 2.76 bits per heavy atom. The highest BCUT2D eigenvalue weighted by Crippen LogP contribution is 2.22. The van der Waals surface area contributed by atoms with Crippen molar-refractivity contribution in [3.8, 4) is 0 Å². The Bertz CT molecular complexity index is 479. The van der Waals surface area contributed by atoms with E-state index in [1.165, 1.54) is 4.68 Å². The first-order valence-electron chi connectivity index (χ1n) is 5.60. The number of aryl methyl sites for hydroxylation is 1. The van der Waals surface area contributed by atoms with E-state index in [2.05, 4.69) is 5.10 Å². The van der Waals surface area contributed by atoms with Gasteiger partial charge in [0.25, 0.3) is 0 Å². The highest BCUT2D eigenvalue weighted by molar-refractivity contribution is 5.88. The molecule has 1 aliphatic rings. The fourth-order valence-corrected chi connectivity index (χ4v) is 2.21. The molecule has 1 N–H and O–H groups in total. The van der Waals surface area contributed by atoms with Crippen molar-refractivity contribution < 1.29 is 14.7 Å². The lowest BCUT2D eigenvalue weighted by atomic mass is 10.0. The van der Waals surface area contributed by atoms with Gasteiger partial charge in [0.2, 0.25) is 5.91 Å². The summed E-state index contributed by atoms with van der Waals surface area (Å²) >= 11 is 0. The Hall–Kier alpha value is -1.85. The lowest BCUT2D eigenvalue weighted by Crippen LogP contribution is -2.35. The first-order valence-corrected chi connectivity index (χ1v) is 5.60. The molecule has 0 unspecified atom stereocenters. The maximum absolute atomic E-state index is 11.6. The number of carbonyl (C=O) groups excluding carboxylic acids is 1. The van der Waals surface area contributed by atoms with Crippen molar-refractivity contribution in [1.29, 1.82) is 0 Å². The van der Waals surface area contributed by atoms with E-state index in [0.717, 1.165) is 5.69 Å². The van der Waals surface area contributed by atoms with Crippen molar-refractivity contribution in [2.75, 3.05) is 6.54 Å². The van der Waals surface area contributed by atoms with Crippen LogP contribution < -0.4 is 0 Å². The minimum absolute atomic E-state index is 0.0517. The van der Waals surface area contributed by atoms with E-state index in [-0.39, 0.29) is 11.6 Å². The number of hydrogen-bond acceptors (Lipinski definition) is 3. The van der Waals surface area contributed by atoms with Gasteiger partial charge in [-0.15, -0.1) is 0 Å². The second kappa shape index (κ2) is 4.20. The van der Waals surface area contributed by atoms with E-state index in [0.29, 0.717) is 31.5 Å². The van der Waals surface area contributed by atoms with Crippen molar-refractivity contribution in [2.45, 2.75) is 26.3 Å². The number of nitrogens with zero attached hydrogens (tertiary/aromatic N) is 3. The van der Waals surface area contributed by atoms with Gasteiger partial charge < -0.3 is 10.0 Å². The molecule has 1 aromatic heterocycles. The molecular formula is C11H15N3O3. The zero-order valence-electron chi connectivity index (χ0n) is 9.93. The van der Waals surface area contributed by atoms with Crippen molar-refractivity contribution >= 4 is 11.9 Å². The Kier molecular flexibility index (Phi) is 2.87. The smallest absolute Gasteiger partial charge is 0.354 e. The molecule has 6 nitrogen and oxygen atoms in total. The van der Waals surface area contributed by atoms with Crippen molar-refractivity contribution in [1.82, 2.24) is 14.7 Å². The third kappa shape index (κ3) is 1.90. The van der Waals surface area contributed by atoms with Crippen LogP contribution in [0, 0.1) is 0 Å². The molecule has 0 fully saturated rings. The average Bonchev–Trinajstić information content (AvgIpc) is 2.62. The molecule has 0 atom stereocenters. The molecule has 1 aliphatic heterocycles. The van der Waals surface area contributed by atoms with Crippen LogP contribution in [0.15, 0.2) is 0 Å². The Morgan fingerprint density at radius 2 is 2.18 bits per heavy atom. The predicted molar refractivity (Wildman–Crippen MR) is 59.6 cm³/mol. The molecule has 1 aromatic rings. The lowest BCUT2D eigenvalue weighted by molar-refractivity contribution is -0.131. The van der Waals surface area contributed by atoms with E-state index in [9.17, 15) is 9.59 Å². The largest absolute Gasteiger partial charge is 0.477 e. The van der Waals surface area contributed by atoms with Gasteiger partial charge >= 0.3 is 5.97 Å². The van der Waals surface area contributed by atoms with Gasteiger partial charge in [-0.25, -0.2) is 4.79 Å². The highest BCUT2D eigenvalue weighted by Gasteiger charge is 2.28. The monoisotopic (exact) mass is 237 g/mol. The predicted octanol–water partition coefficient (Wildman–Crippen LogP) is 0.413. The lowest BCUT2D eigenvalue weighted by Gasteiger charge is -2.26. The number of rotatable bonds is 2. The van der Waals surface area contributed by atoms with Gasteiger partial charge in [-0.05, 0) is 0 Å². The summed E-state index contributed by atoms with van der Waals surface area (Å²) in [4.78, 5) is 24.4. The second-order valence-corrected chi connectivity index (χ2v) is 4.12. The zero-order valence-corrected chi connectivity index (χ0v) is 9.93. The number of carboxylic acid groups (broad SMARTS) is 1. The van der Waals surface area contributed by atoms with Crippen LogP contribution in [0.5, 0.6) is 0 Å². The molecule has 0 radical (unpaired) electrons. The average molecular weight is 237 g/mol. The molecule has 0 saturated carbocycles. The minimum atomic E-state index is -0.993. The summed E-state index contributed by atoms with van der Waals surface area (Å²) in [5.74, 6) is -0.942. The molecular weight excluding hydrogens is 222 g/mol. The van der Waals surface area contributed by atoms with E-state index < -0.39 is 5.97 Å². The van der Waals surface area contributed by atoms with Gasteiger partial charge in [0.1, 0.15) is 0 Å². The maximum Gasteiger partial charge on any atom is 0.354 e. The second-order valence-electron chi connectivity index (χ2n) is 4.12. The van der Waals surface area contributed by atoms with Crippen LogP contribution in [0.3, 0.4) is 0 Å². The van der Waals surface area contributed by atoms with E-state index in [4.69, 9.17) is 5.11 Å². The van der Waals surface area contributed by atoms with Gasteiger partial charge in [0.05, 0.1) is 5.69 Å². The fourth-order valence-electron chi connectivity index (χ4n) is 2.21. The number of carboxylic acids is 1. The first kappa shape index (κ1) is 11.6. The third-order valence-corrected chi connectivity index (χ3v) is 3.05. The summed E-state index contributed by atoms with van der Waals surface area (Å²) in [6.45, 7) is 2.78. The molecule has 0 aliphatic carbocycles. The molecule has 0 bridgehead atoms. The SMILES string of the molecule is CCC(=O)N1CCc2nn(C)c(C(=O)O)c2C1. The van der Waals surface area contributed by atoms with Crippen molar-refractivity contribution in [3.05, 3.63) is 17.0 Å². The number of amides is 1. The molecule has 2 heterocycles. The van der Waals surface area contributed by atoms with Gasteiger partial charge in [-0.3, -0.25) is 9.48 Å². The summed E-state index contributed by atoms with van der Waals surface area (Å²) in [5.41, 5.74) is 1.66. The number of aromatic nitrogens is 2. The van der Waals surface area contributed by atoms with Gasteiger partial charge in [-0.2, -0.15) is 5.10 Å². The van der Waals surface area contributed by atoms with Crippen molar-refractivity contribution in [3.63, 3.8) is 0 Å². The van der Waals surface area contributed by atoms with Crippen LogP contribution >= 0.6 is 0 Å². The standard InChI is InChI=1S/C11H15N3O3/c1-3-9(15)14-5-4-8-7(6-14)10(11(16)17)13(2)12-8/h3-6H2,1-2H3,(H,16,17). The molecule has 17 heavy (non-hydrogen) atoms. The summed E-state index contributed by atoms with van der Waals surface area (Å²) in [6.07, 6.45) is 1.07. The van der Waals surface area contributed by atoms with Crippen LogP contribution in [0.25, 0.3) is 0 Å². The summed E-state index contributed by atoms with van der Waals surface area (Å²) in [7, 11) is 1.62. The zero-order chi connectivity index (χ0) is 12.6. The molecule has 6 heteroatoms. The van der Waals surface area contributed by atoms with Crippen LogP contribution in [0.1, 0.15) is 35.1 Å². The molecule has 0 saturated heterocycles. The van der Waals surface area contributed by atoms with E-state index in [1.807, 2.05) is 0 Å². The number of hydrogen-bond donors (Lipinski definition) is 1. The number of fused-ring (bicyclic) bond motifs is 1. The van der Waals surface area contributed by atoms with Gasteiger partial charge in [0.15, 0.2) is 5.69 Å².